The first-order chi connectivity index (χ1) is 6.61. The highest BCUT2D eigenvalue weighted by atomic mass is 32.1. The fourth-order valence-corrected chi connectivity index (χ4v) is 1.08. The zero-order valence-electron chi connectivity index (χ0n) is 7.90. The maximum Gasteiger partial charge on any atom is 0.326 e. The number of rotatable bonds is 7. The molecule has 0 aliphatic heterocycles. The molecule has 0 aromatic heterocycles. The Balaban J connectivity index is 3.90. The second kappa shape index (κ2) is 7.64. The third kappa shape index (κ3) is 5.82. The largest absolute Gasteiger partial charge is 0.480 e. The van der Waals surface area contributed by atoms with Gasteiger partial charge >= 0.3 is 5.97 Å². The molecule has 0 saturated carbocycles. The third-order valence-electron chi connectivity index (χ3n) is 1.72. The zero-order chi connectivity index (χ0) is 11.0. The molecule has 0 saturated heterocycles. The molecule has 82 valence electrons. The minimum Gasteiger partial charge on any atom is -0.480 e. The van der Waals surface area contributed by atoms with Crippen molar-refractivity contribution in [1.29, 1.82) is 0 Å². The highest BCUT2D eigenvalue weighted by molar-refractivity contribution is 7.81. The molecule has 0 unspecified atom stereocenters. The molecule has 1 atom stereocenters. The standard InChI is InChI=1S/C8H16N2O3S/c9-4-2-1-3-6(8(12)13)10-7(11)5-14/h6,14H,1-5,9H2,(H,10,11)(H,12,13)/t6-/m0/s1. The summed E-state index contributed by atoms with van der Waals surface area (Å²) in [7, 11) is 0. The van der Waals surface area contributed by atoms with Gasteiger partial charge in [-0.3, -0.25) is 4.79 Å². The second-order valence-electron chi connectivity index (χ2n) is 2.90. The van der Waals surface area contributed by atoms with E-state index in [2.05, 4.69) is 17.9 Å². The molecule has 4 N–H and O–H groups in total. The molecule has 5 nitrogen and oxygen atoms in total. The molecule has 0 fully saturated rings. The van der Waals surface area contributed by atoms with Gasteiger partial charge in [0.15, 0.2) is 0 Å². The molecule has 0 radical (unpaired) electrons. The van der Waals surface area contributed by atoms with Crippen molar-refractivity contribution in [2.75, 3.05) is 12.3 Å². The van der Waals surface area contributed by atoms with Crippen LogP contribution in [0.5, 0.6) is 0 Å². The summed E-state index contributed by atoms with van der Waals surface area (Å²) in [6.07, 6.45) is 1.87. The van der Waals surface area contributed by atoms with Crippen LogP contribution in [0.15, 0.2) is 0 Å². The van der Waals surface area contributed by atoms with Crippen LogP contribution in [-0.2, 0) is 9.59 Å². The van der Waals surface area contributed by atoms with Gasteiger partial charge in [0, 0.05) is 0 Å². The first kappa shape index (κ1) is 13.2. The number of amides is 1. The lowest BCUT2D eigenvalue weighted by atomic mass is 10.1. The van der Waals surface area contributed by atoms with Crippen molar-refractivity contribution in [2.45, 2.75) is 25.3 Å². The van der Waals surface area contributed by atoms with E-state index in [1.165, 1.54) is 0 Å². The summed E-state index contributed by atoms with van der Waals surface area (Å²) in [5.74, 6) is -1.38. The Morgan fingerprint density at radius 1 is 1.43 bits per heavy atom. The monoisotopic (exact) mass is 220 g/mol. The van der Waals surface area contributed by atoms with Crippen molar-refractivity contribution in [3.8, 4) is 0 Å². The normalized spacial score (nSPS) is 12.1. The lowest BCUT2D eigenvalue weighted by Crippen LogP contribution is -2.41. The molecule has 0 aliphatic carbocycles. The van der Waals surface area contributed by atoms with Gasteiger partial charge in [0.25, 0.3) is 0 Å². The molecule has 0 spiro atoms. The molecule has 6 heteroatoms. The number of carboxylic acid groups (broad SMARTS) is 1. The van der Waals surface area contributed by atoms with Crippen LogP contribution in [0, 0.1) is 0 Å². The van der Waals surface area contributed by atoms with Crippen LogP contribution in [0.4, 0.5) is 0 Å². The molecule has 1 amide bonds. The van der Waals surface area contributed by atoms with E-state index in [-0.39, 0.29) is 11.7 Å². The second-order valence-corrected chi connectivity index (χ2v) is 3.22. The summed E-state index contributed by atoms with van der Waals surface area (Å²) in [4.78, 5) is 21.6. The molecule has 0 aromatic carbocycles. The van der Waals surface area contributed by atoms with Crippen LogP contribution in [-0.4, -0.2) is 35.3 Å². The molecule has 14 heavy (non-hydrogen) atoms. The van der Waals surface area contributed by atoms with Gasteiger partial charge in [0.1, 0.15) is 6.04 Å². The third-order valence-corrected chi connectivity index (χ3v) is 2.01. The van der Waals surface area contributed by atoms with Gasteiger partial charge in [-0.05, 0) is 25.8 Å². The maximum absolute atomic E-state index is 10.9. The summed E-state index contributed by atoms with van der Waals surface area (Å²) in [5, 5.41) is 11.1. The SMILES string of the molecule is NCCCC[C@H](NC(=O)CS)C(=O)O. The van der Waals surface area contributed by atoms with Gasteiger partial charge in [0.2, 0.25) is 5.91 Å². The number of hydrogen-bond donors (Lipinski definition) is 4. The van der Waals surface area contributed by atoms with E-state index >= 15 is 0 Å². The van der Waals surface area contributed by atoms with Crippen molar-refractivity contribution in [3.63, 3.8) is 0 Å². The van der Waals surface area contributed by atoms with Crippen molar-refractivity contribution in [3.05, 3.63) is 0 Å². The molecule has 0 rings (SSSR count). The minimum atomic E-state index is -1.02. The Morgan fingerprint density at radius 2 is 2.07 bits per heavy atom. The van der Waals surface area contributed by atoms with Gasteiger partial charge in [-0.25, -0.2) is 4.79 Å². The smallest absolute Gasteiger partial charge is 0.326 e. The number of unbranched alkanes of at least 4 members (excludes halogenated alkanes) is 1. The summed E-state index contributed by atoms with van der Waals surface area (Å²) in [5.41, 5.74) is 5.27. The fraction of sp³-hybridized carbons (Fsp3) is 0.750. The highest BCUT2D eigenvalue weighted by Gasteiger charge is 2.18. The molecule has 0 bridgehead atoms. The Labute approximate surface area is 88.5 Å². The average Bonchev–Trinajstić information content (AvgIpc) is 2.16. The lowest BCUT2D eigenvalue weighted by molar-refractivity contribution is -0.141. The summed E-state index contributed by atoms with van der Waals surface area (Å²) in [6, 6.07) is -0.818. The number of thiol groups is 1. The van der Waals surface area contributed by atoms with Crippen molar-refractivity contribution in [1.82, 2.24) is 5.32 Å². The van der Waals surface area contributed by atoms with Crippen molar-refractivity contribution >= 4 is 24.5 Å². The predicted octanol–water partition coefficient (Wildman–Crippen LogP) is -0.385. The van der Waals surface area contributed by atoms with E-state index in [9.17, 15) is 9.59 Å². The Bertz CT molecular complexity index is 199. The highest BCUT2D eigenvalue weighted by Crippen LogP contribution is 2.00. The van der Waals surface area contributed by atoms with Crippen LogP contribution >= 0.6 is 12.6 Å². The Kier molecular flexibility index (Phi) is 7.23. The maximum atomic E-state index is 10.9. The number of nitrogens with two attached hydrogens (primary N) is 1. The van der Waals surface area contributed by atoms with Gasteiger partial charge in [-0.15, -0.1) is 0 Å². The van der Waals surface area contributed by atoms with Gasteiger partial charge in [-0.2, -0.15) is 12.6 Å². The number of carbonyl (C=O) groups is 2. The average molecular weight is 220 g/mol. The molecule has 0 heterocycles. The van der Waals surface area contributed by atoms with E-state index < -0.39 is 12.0 Å². The molecular weight excluding hydrogens is 204 g/mol. The van der Waals surface area contributed by atoms with E-state index in [0.29, 0.717) is 19.4 Å². The molecular formula is C8H16N2O3S. The summed E-state index contributed by atoms with van der Waals surface area (Å²) < 4.78 is 0. The predicted molar refractivity (Wildman–Crippen MR) is 56.3 cm³/mol. The van der Waals surface area contributed by atoms with Gasteiger partial charge < -0.3 is 16.2 Å². The first-order valence-electron chi connectivity index (χ1n) is 4.45. The number of carboxylic acids is 1. The Morgan fingerprint density at radius 3 is 2.50 bits per heavy atom. The summed E-state index contributed by atoms with van der Waals surface area (Å²) >= 11 is 3.74. The van der Waals surface area contributed by atoms with E-state index in [1.807, 2.05) is 0 Å². The van der Waals surface area contributed by atoms with Crippen molar-refractivity contribution < 1.29 is 14.7 Å². The van der Waals surface area contributed by atoms with Crippen LogP contribution < -0.4 is 11.1 Å². The quantitative estimate of drug-likeness (QED) is 0.347. The Hall–Kier alpha value is -0.750. The van der Waals surface area contributed by atoms with Gasteiger partial charge in [-0.1, -0.05) is 0 Å². The lowest BCUT2D eigenvalue weighted by Gasteiger charge is -2.13. The fourth-order valence-electron chi connectivity index (χ4n) is 0.990. The number of hydrogen-bond acceptors (Lipinski definition) is 4. The van der Waals surface area contributed by atoms with Crippen LogP contribution in [0.1, 0.15) is 19.3 Å². The number of carbonyl (C=O) groups excluding carboxylic acids is 1. The number of aliphatic carboxylic acids is 1. The molecule has 0 aromatic rings. The minimum absolute atomic E-state index is 0.000664. The van der Waals surface area contributed by atoms with Crippen LogP contribution in [0.3, 0.4) is 0 Å². The molecule has 0 aliphatic rings. The topological polar surface area (TPSA) is 92.4 Å². The summed E-state index contributed by atoms with van der Waals surface area (Å²) in [6.45, 7) is 0.535. The van der Waals surface area contributed by atoms with Crippen LogP contribution in [0.2, 0.25) is 0 Å². The first-order valence-corrected chi connectivity index (χ1v) is 5.08. The number of nitrogens with one attached hydrogen (secondary N) is 1. The van der Waals surface area contributed by atoms with Crippen LogP contribution in [0.25, 0.3) is 0 Å². The van der Waals surface area contributed by atoms with E-state index in [1.54, 1.807) is 0 Å². The van der Waals surface area contributed by atoms with E-state index in [0.717, 1.165) is 6.42 Å². The van der Waals surface area contributed by atoms with Crippen molar-refractivity contribution in [2.24, 2.45) is 5.73 Å². The van der Waals surface area contributed by atoms with E-state index in [4.69, 9.17) is 10.8 Å². The zero-order valence-corrected chi connectivity index (χ0v) is 8.80. The van der Waals surface area contributed by atoms with Gasteiger partial charge in [0.05, 0.1) is 5.75 Å².